The average molecular weight is 570 g/mol. The molecule has 216 valence electrons. The largest absolute Gasteiger partial charge is 0.493 e. The zero-order chi connectivity index (χ0) is 29.1. The number of imidazole rings is 1. The molecule has 0 radical (unpaired) electrons. The fourth-order valence-corrected chi connectivity index (χ4v) is 5.23. The lowest BCUT2D eigenvalue weighted by molar-refractivity contribution is -0.123. The number of aromatic nitrogens is 2. The smallest absolute Gasteiger partial charge is 0.258 e. The molecular formula is C31H31N5O6. The van der Waals surface area contributed by atoms with Gasteiger partial charge in [0.25, 0.3) is 11.8 Å². The number of carbonyl (C=O) groups excluding carboxylic acids is 3. The molecule has 9 rings (SSSR count). The molecule has 3 amide bonds. The number of carbonyl (C=O) groups is 3. The highest BCUT2D eigenvalue weighted by atomic mass is 16.5. The predicted octanol–water partition coefficient (Wildman–Crippen LogP) is 2.60. The van der Waals surface area contributed by atoms with Gasteiger partial charge in [0.2, 0.25) is 5.91 Å². The predicted molar refractivity (Wildman–Crippen MR) is 153 cm³/mol. The van der Waals surface area contributed by atoms with Crippen LogP contribution in [-0.4, -0.2) is 71.5 Å². The molecule has 4 aromatic rings. The Balaban J connectivity index is 1.24. The van der Waals surface area contributed by atoms with Crippen molar-refractivity contribution >= 4 is 28.8 Å². The maximum Gasteiger partial charge on any atom is 0.258 e. The number of benzene rings is 3. The molecule has 42 heavy (non-hydrogen) atoms. The van der Waals surface area contributed by atoms with Crippen LogP contribution in [0, 0.1) is 0 Å². The maximum atomic E-state index is 13.5. The number of aryl methyl sites for hydroxylation is 1. The van der Waals surface area contributed by atoms with Gasteiger partial charge in [-0.25, -0.2) is 4.98 Å². The Labute approximate surface area is 242 Å². The number of fused-ring (bicyclic) bond motifs is 1. The first-order valence-electron chi connectivity index (χ1n) is 13.8. The number of likely N-dealkylation sites (tertiary alicyclic amines) is 1. The minimum absolute atomic E-state index is 0.150. The van der Waals surface area contributed by atoms with Crippen molar-refractivity contribution in [1.29, 1.82) is 0 Å². The van der Waals surface area contributed by atoms with E-state index in [9.17, 15) is 14.4 Å². The van der Waals surface area contributed by atoms with Gasteiger partial charge in [-0.05, 0) is 60.0 Å². The van der Waals surface area contributed by atoms with E-state index in [-0.39, 0.29) is 30.7 Å². The Kier molecular flexibility index (Phi) is 7.63. The van der Waals surface area contributed by atoms with Crippen molar-refractivity contribution in [2.45, 2.75) is 31.5 Å². The molecule has 5 aliphatic heterocycles. The minimum atomic E-state index is -0.457. The number of hydrogen-bond acceptors (Lipinski definition) is 7. The lowest BCUT2D eigenvalue weighted by Gasteiger charge is -2.21. The van der Waals surface area contributed by atoms with Crippen molar-refractivity contribution in [2.24, 2.45) is 0 Å². The molecule has 1 saturated heterocycles. The van der Waals surface area contributed by atoms with Gasteiger partial charge >= 0.3 is 0 Å². The summed E-state index contributed by atoms with van der Waals surface area (Å²) < 4.78 is 17.5. The van der Waals surface area contributed by atoms with Crippen LogP contribution >= 0.6 is 0 Å². The number of hydrogen-bond donors (Lipinski definition) is 3. The second-order valence-corrected chi connectivity index (χ2v) is 10.4. The molecule has 4 bridgehead atoms. The lowest BCUT2D eigenvalue weighted by Crippen LogP contribution is -2.45. The number of amides is 3. The standard InChI is InChI=1S/C31H31N5O6/c1-40-27-12-19-4-10-26(27)41-17-30(38)32-14-20-2-7-22(8-3-20)42-28-16-36(15-25(28)35-29(37)11-5-19)31(39)21-6-9-23-24(13-21)34-18-33-23/h2-4,6-10,12-13,18,25,28H,5,11,14-17H2,1H3,(H,32,38)(H,33,34)(H,35,37)/t25-,28-/m0/s1. The Bertz CT molecular complexity index is 1620. The lowest BCUT2D eigenvalue weighted by atomic mass is 10.1. The highest BCUT2D eigenvalue weighted by Crippen LogP contribution is 2.29. The molecule has 6 heterocycles. The fraction of sp³-hybridized carbons (Fsp3) is 0.290. The number of H-pyrrole nitrogens is 1. The Morgan fingerprint density at radius 3 is 2.64 bits per heavy atom. The van der Waals surface area contributed by atoms with Gasteiger partial charge < -0.3 is 34.7 Å². The van der Waals surface area contributed by atoms with Crippen LogP contribution in [0.5, 0.6) is 17.2 Å². The molecule has 0 aliphatic carbocycles. The zero-order valence-electron chi connectivity index (χ0n) is 23.1. The monoisotopic (exact) mass is 569 g/mol. The third-order valence-corrected chi connectivity index (χ3v) is 7.50. The van der Waals surface area contributed by atoms with Crippen molar-refractivity contribution in [2.75, 3.05) is 26.8 Å². The van der Waals surface area contributed by atoms with Gasteiger partial charge in [-0.15, -0.1) is 0 Å². The number of ether oxygens (including phenoxy) is 3. The fourth-order valence-electron chi connectivity index (χ4n) is 5.23. The van der Waals surface area contributed by atoms with Crippen LogP contribution in [0.2, 0.25) is 0 Å². The second kappa shape index (κ2) is 11.8. The molecular weight excluding hydrogens is 538 g/mol. The topological polar surface area (TPSA) is 135 Å². The third kappa shape index (κ3) is 5.99. The molecule has 3 aromatic carbocycles. The van der Waals surface area contributed by atoms with Crippen LogP contribution in [0.4, 0.5) is 0 Å². The molecule has 3 N–H and O–H groups in total. The van der Waals surface area contributed by atoms with E-state index < -0.39 is 12.1 Å². The van der Waals surface area contributed by atoms with Crippen molar-refractivity contribution < 1.29 is 28.6 Å². The molecule has 0 unspecified atom stereocenters. The van der Waals surface area contributed by atoms with Crippen molar-refractivity contribution in [1.82, 2.24) is 25.5 Å². The van der Waals surface area contributed by atoms with E-state index in [2.05, 4.69) is 20.6 Å². The summed E-state index contributed by atoms with van der Waals surface area (Å²) in [7, 11) is 1.53. The number of aromatic amines is 1. The molecule has 2 atom stereocenters. The van der Waals surface area contributed by atoms with E-state index >= 15 is 0 Å². The van der Waals surface area contributed by atoms with Crippen molar-refractivity contribution in [3.8, 4) is 17.2 Å². The molecule has 11 nitrogen and oxygen atoms in total. The Morgan fingerprint density at radius 2 is 1.81 bits per heavy atom. The third-order valence-electron chi connectivity index (χ3n) is 7.50. The summed E-state index contributed by atoms with van der Waals surface area (Å²) in [6.45, 7) is 0.776. The highest BCUT2D eigenvalue weighted by molar-refractivity contribution is 5.97. The molecule has 0 saturated carbocycles. The van der Waals surface area contributed by atoms with Gasteiger partial charge in [0.15, 0.2) is 18.1 Å². The van der Waals surface area contributed by atoms with Crippen LogP contribution < -0.4 is 24.8 Å². The summed E-state index contributed by atoms with van der Waals surface area (Å²) in [5.74, 6) is 0.967. The quantitative estimate of drug-likeness (QED) is 0.338. The first-order valence-corrected chi connectivity index (χ1v) is 13.8. The SMILES string of the molecule is COc1cc2ccc1OCC(=O)NCc1ccc(cc1)O[C@H]1CN(C(=O)c3ccc4nc[nH]c4c3)C[C@@H]1NC(=O)CC2. The number of nitrogens with one attached hydrogen (secondary N) is 3. The summed E-state index contributed by atoms with van der Waals surface area (Å²) >= 11 is 0. The molecule has 1 aromatic heterocycles. The van der Waals surface area contributed by atoms with E-state index in [1.54, 1.807) is 41.6 Å². The van der Waals surface area contributed by atoms with E-state index in [1.165, 1.54) is 7.11 Å². The molecule has 5 aliphatic rings. The van der Waals surface area contributed by atoms with Crippen LogP contribution in [0.3, 0.4) is 0 Å². The Morgan fingerprint density at radius 1 is 0.976 bits per heavy atom. The molecule has 0 spiro atoms. The average Bonchev–Trinajstić information content (AvgIpc) is 3.64. The zero-order valence-corrected chi connectivity index (χ0v) is 23.1. The number of nitrogens with zero attached hydrogens (tertiary/aromatic N) is 2. The summed E-state index contributed by atoms with van der Waals surface area (Å²) in [4.78, 5) is 47.9. The summed E-state index contributed by atoms with van der Waals surface area (Å²) in [5, 5.41) is 5.95. The Hall–Kier alpha value is -5.06. The molecule has 11 heteroatoms. The second-order valence-electron chi connectivity index (χ2n) is 10.4. The van der Waals surface area contributed by atoms with E-state index in [4.69, 9.17) is 14.2 Å². The normalized spacial score (nSPS) is 19.4. The van der Waals surface area contributed by atoms with Gasteiger partial charge in [0.05, 0.1) is 37.1 Å². The van der Waals surface area contributed by atoms with Gasteiger partial charge in [0, 0.05) is 25.1 Å². The minimum Gasteiger partial charge on any atom is -0.493 e. The van der Waals surface area contributed by atoms with Gasteiger partial charge in [-0.2, -0.15) is 0 Å². The van der Waals surface area contributed by atoms with Crippen molar-refractivity contribution in [3.05, 3.63) is 83.7 Å². The van der Waals surface area contributed by atoms with Crippen LogP contribution in [0.25, 0.3) is 11.0 Å². The summed E-state index contributed by atoms with van der Waals surface area (Å²) in [6, 6.07) is 17.7. The van der Waals surface area contributed by atoms with Crippen LogP contribution in [0.1, 0.15) is 27.9 Å². The van der Waals surface area contributed by atoms with Gasteiger partial charge in [-0.1, -0.05) is 18.2 Å². The first-order chi connectivity index (χ1) is 20.4. The summed E-state index contributed by atoms with van der Waals surface area (Å²) in [5.41, 5.74) is 3.86. The van der Waals surface area contributed by atoms with E-state index in [0.717, 1.165) is 22.2 Å². The van der Waals surface area contributed by atoms with Crippen molar-refractivity contribution in [3.63, 3.8) is 0 Å². The maximum absolute atomic E-state index is 13.5. The number of rotatable bonds is 2. The van der Waals surface area contributed by atoms with Gasteiger partial charge in [0.1, 0.15) is 11.9 Å². The van der Waals surface area contributed by atoms with E-state index in [1.807, 2.05) is 30.3 Å². The first kappa shape index (κ1) is 27.1. The number of methoxy groups -OCH3 is 1. The molecule has 1 fully saturated rings. The van der Waals surface area contributed by atoms with Crippen LogP contribution in [0.15, 0.2) is 67.0 Å². The van der Waals surface area contributed by atoms with E-state index in [0.29, 0.717) is 48.9 Å². The summed E-state index contributed by atoms with van der Waals surface area (Å²) in [6.07, 6.45) is 1.83. The van der Waals surface area contributed by atoms with Gasteiger partial charge in [-0.3, -0.25) is 14.4 Å². The highest BCUT2D eigenvalue weighted by Gasteiger charge is 2.38. The van der Waals surface area contributed by atoms with Crippen LogP contribution in [-0.2, 0) is 22.6 Å².